The number of carbonyl (C=O) groups excluding carboxylic acids is 1. The number of benzene rings is 1. The lowest BCUT2D eigenvalue weighted by Crippen LogP contribution is -2.42. The maximum Gasteiger partial charge on any atom is 0.321 e. The first-order valence-corrected chi connectivity index (χ1v) is 8.27. The zero-order valence-corrected chi connectivity index (χ0v) is 13.4. The van der Waals surface area contributed by atoms with E-state index in [0.29, 0.717) is 6.54 Å². The number of hydrogen-bond donors (Lipinski definition) is 1. The highest BCUT2D eigenvalue weighted by atomic mass is 32.2. The van der Waals surface area contributed by atoms with Crippen LogP contribution in [0.3, 0.4) is 0 Å². The molecule has 118 valence electrons. The molecule has 0 aliphatic heterocycles. The Morgan fingerprint density at radius 1 is 1.29 bits per heavy atom. The summed E-state index contributed by atoms with van der Waals surface area (Å²) in [7, 11) is -3.72. The van der Waals surface area contributed by atoms with Gasteiger partial charge in [-0.3, -0.25) is 4.79 Å². The number of nitrogens with zero attached hydrogens (tertiary/aromatic N) is 1. The van der Waals surface area contributed by atoms with Gasteiger partial charge in [-0.2, -0.15) is 17.4 Å². The van der Waals surface area contributed by atoms with Crippen LogP contribution in [0.5, 0.6) is 0 Å². The van der Waals surface area contributed by atoms with Crippen LogP contribution in [-0.2, 0) is 26.3 Å². The Bertz CT molecular complexity index is 543. The van der Waals surface area contributed by atoms with E-state index < -0.39 is 16.2 Å². The van der Waals surface area contributed by atoms with Crippen LogP contribution < -0.4 is 4.72 Å². The van der Waals surface area contributed by atoms with Crippen molar-refractivity contribution in [3.8, 4) is 0 Å². The number of carbonyl (C=O) groups is 1. The third-order valence-corrected chi connectivity index (χ3v) is 4.24. The third kappa shape index (κ3) is 6.24. The van der Waals surface area contributed by atoms with Crippen LogP contribution in [0.2, 0.25) is 0 Å². The quantitative estimate of drug-likeness (QED) is 0.734. The van der Waals surface area contributed by atoms with E-state index in [0.717, 1.165) is 5.56 Å². The molecule has 0 bridgehead atoms. The average molecular weight is 314 g/mol. The minimum atomic E-state index is -3.72. The van der Waals surface area contributed by atoms with Gasteiger partial charge in [0, 0.05) is 13.1 Å². The minimum Gasteiger partial charge on any atom is -0.462 e. The van der Waals surface area contributed by atoms with E-state index in [1.165, 1.54) is 4.31 Å². The van der Waals surface area contributed by atoms with Gasteiger partial charge >= 0.3 is 5.97 Å². The van der Waals surface area contributed by atoms with Crippen LogP contribution in [0.25, 0.3) is 0 Å². The smallest absolute Gasteiger partial charge is 0.321 e. The Morgan fingerprint density at radius 2 is 1.90 bits per heavy atom. The van der Waals surface area contributed by atoms with Crippen molar-refractivity contribution in [1.29, 1.82) is 0 Å². The fourth-order valence-corrected chi connectivity index (χ4v) is 2.84. The van der Waals surface area contributed by atoms with Crippen LogP contribution >= 0.6 is 0 Å². The van der Waals surface area contributed by atoms with Gasteiger partial charge in [0.15, 0.2) is 0 Å². The molecular formula is C14H22N2O4S. The second-order valence-corrected chi connectivity index (χ2v) is 6.53. The molecule has 0 fully saturated rings. The topological polar surface area (TPSA) is 75.7 Å². The van der Waals surface area contributed by atoms with Crippen LogP contribution in [0.4, 0.5) is 0 Å². The lowest BCUT2D eigenvalue weighted by Gasteiger charge is -2.20. The number of nitrogens with one attached hydrogen (secondary N) is 1. The molecule has 0 saturated heterocycles. The molecule has 0 aliphatic carbocycles. The summed E-state index contributed by atoms with van der Waals surface area (Å²) in [6, 6.07) is 9.28. The summed E-state index contributed by atoms with van der Waals surface area (Å²) >= 11 is 0. The van der Waals surface area contributed by atoms with E-state index in [2.05, 4.69) is 4.72 Å². The highest BCUT2D eigenvalue weighted by Gasteiger charge is 2.21. The van der Waals surface area contributed by atoms with Crippen molar-refractivity contribution in [1.82, 2.24) is 9.03 Å². The second kappa shape index (κ2) is 8.11. The standard InChI is InChI=1S/C14H22N2O4S/c1-4-16(11-13-8-6-5-7-9-13)21(18,19)15-10-14(17)20-12(2)3/h5-9,12,15H,4,10-11H2,1-3H3. The van der Waals surface area contributed by atoms with Gasteiger partial charge < -0.3 is 4.74 Å². The summed E-state index contributed by atoms with van der Waals surface area (Å²) in [5, 5.41) is 0. The molecule has 1 rings (SSSR count). The molecule has 21 heavy (non-hydrogen) atoms. The molecule has 1 aromatic carbocycles. The number of rotatable bonds is 8. The predicted molar refractivity (Wildman–Crippen MR) is 80.7 cm³/mol. The highest BCUT2D eigenvalue weighted by molar-refractivity contribution is 7.87. The minimum absolute atomic E-state index is 0.256. The normalized spacial score (nSPS) is 11.9. The molecular weight excluding hydrogens is 292 g/mol. The third-order valence-electron chi connectivity index (χ3n) is 2.66. The van der Waals surface area contributed by atoms with Gasteiger partial charge in [0.05, 0.1) is 6.10 Å². The Balaban J connectivity index is 2.63. The molecule has 0 amide bonds. The molecule has 0 unspecified atom stereocenters. The lowest BCUT2D eigenvalue weighted by molar-refractivity contribution is -0.145. The SMILES string of the molecule is CCN(Cc1ccccc1)S(=O)(=O)NCC(=O)OC(C)C. The predicted octanol–water partition coefficient (Wildman–Crippen LogP) is 1.29. The Hall–Kier alpha value is -1.44. The zero-order chi connectivity index (χ0) is 15.9. The number of ether oxygens (including phenoxy) is 1. The monoisotopic (exact) mass is 314 g/mol. The first-order chi connectivity index (χ1) is 9.85. The molecule has 6 nitrogen and oxygen atoms in total. The van der Waals surface area contributed by atoms with E-state index in [-0.39, 0.29) is 19.2 Å². The van der Waals surface area contributed by atoms with Crippen LogP contribution in [-0.4, -0.2) is 37.9 Å². The van der Waals surface area contributed by atoms with E-state index in [4.69, 9.17) is 4.74 Å². The summed E-state index contributed by atoms with van der Waals surface area (Å²) in [5.74, 6) is -0.593. The first kappa shape index (κ1) is 17.6. The Morgan fingerprint density at radius 3 is 2.43 bits per heavy atom. The molecule has 0 saturated carbocycles. The molecule has 0 aromatic heterocycles. The van der Waals surface area contributed by atoms with E-state index in [1.54, 1.807) is 20.8 Å². The van der Waals surface area contributed by atoms with Crippen molar-refractivity contribution < 1.29 is 17.9 Å². The first-order valence-electron chi connectivity index (χ1n) is 6.83. The average Bonchev–Trinajstić information content (AvgIpc) is 2.43. The zero-order valence-electron chi connectivity index (χ0n) is 12.6. The van der Waals surface area contributed by atoms with Crippen LogP contribution in [0.1, 0.15) is 26.3 Å². The van der Waals surface area contributed by atoms with Crippen molar-refractivity contribution in [2.75, 3.05) is 13.1 Å². The molecule has 0 heterocycles. The highest BCUT2D eigenvalue weighted by Crippen LogP contribution is 2.07. The fraction of sp³-hybridized carbons (Fsp3) is 0.500. The molecule has 0 atom stereocenters. The fourth-order valence-electron chi connectivity index (χ4n) is 1.70. The van der Waals surface area contributed by atoms with Crippen molar-refractivity contribution in [3.05, 3.63) is 35.9 Å². The van der Waals surface area contributed by atoms with Crippen molar-refractivity contribution in [3.63, 3.8) is 0 Å². The summed E-state index contributed by atoms with van der Waals surface area (Å²) in [6.07, 6.45) is -0.270. The summed E-state index contributed by atoms with van der Waals surface area (Å²) in [4.78, 5) is 11.4. The maximum absolute atomic E-state index is 12.2. The van der Waals surface area contributed by atoms with E-state index in [1.807, 2.05) is 30.3 Å². The van der Waals surface area contributed by atoms with Gasteiger partial charge in [0.1, 0.15) is 6.54 Å². The van der Waals surface area contributed by atoms with Gasteiger partial charge in [-0.1, -0.05) is 37.3 Å². The van der Waals surface area contributed by atoms with Gasteiger partial charge in [-0.25, -0.2) is 0 Å². The maximum atomic E-state index is 12.2. The van der Waals surface area contributed by atoms with Crippen molar-refractivity contribution in [2.45, 2.75) is 33.4 Å². The molecule has 7 heteroatoms. The Labute approximate surface area is 126 Å². The van der Waals surface area contributed by atoms with Crippen LogP contribution in [0.15, 0.2) is 30.3 Å². The number of hydrogen-bond acceptors (Lipinski definition) is 4. The molecule has 0 spiro atoms. The Kier molecular flexibility index (Phi) is 6.80. The van der Waals surface area contributed by atoms with Gasteiger partial charge in [0.2, 0.25) is 0 Å². The molecule has 1 aromatic rings. The van der Waals surface area contributed by atoms with Crippen molar-refractivity contribution >= 4 is 16.2 Å². The largest absolute Gasteiger partial charge is 0.462 e. The van der Waals surface area contributed by atoms with Gasteiger partial charge in [-0.05, 0) is 19.4 Å². The summed E-state index contributed by atoms with van der Waals surface area (Å²) in [5.41, 5.74) is 0.884. The van der Waals surface area contributed by atoms with E-state index in [9.17, 15) is 13.2 Å². The van der Waals surface area contributed by atoms with Crippen LogP contribution in [0, 0.1) is 0 Å². The summed E-state index contributed by atoms with van der Waals surface area (Å²) < 4.78 is 32.7. The molecule has 0 aliphatic rings. The summed E-state index contributed by atoms with van der Waals surface area (Å²) in [6.45, 7) is 5.36. The lowest BCUT2D eigenvalue weighted by atomic mass is 10.2. The van der Waals surface area contributed by atoms with E-state index >= 15 is 0 Å². The van der Waals surface area contributed by atoms with Crippen molar-refractivity contribution in [2.24, 2.45) is 0 Å². The molecule has 1 N–H and O–H groups in total. The molecule has 0 radical (unpaired) electrons. The van der Waals surface area contributed by atoms with Gasteiger partial charge in [0.25, 0.3) is 10.2 Å². The van der Waals surface area contributed by atoms with Gasteiger partial charge in [-0.15, -0.1) is 0 Å². The number of esters is 1. The second-order valence-electron chi connectivity index (χ2n) is 4.78.